The normalized spacial score (nSPS) is 12.7. The van der Waals surface area contributed by atoms with Gasteiger partial charge in [-0.2, -0.15) is 9.61 Å². The molecule has 0 fully saturated rings. The second-order valence-corrected chi connectivity index (χ2v) is 6.07. The Bertz CT molecular complexity index is 808. The van der Waals surface area contributed by atoms with E-state index in [1.807, 2.05) is 13.0 Å². The highest BCUT2D eigenvalue weighted by atomic mass is 15.3. The molecule has 0 aliphatic heterocycles. The topological polar surface area (TPSA) is 58.4 Å². The average molecular weight is 310 g/mol. The van der Waals surface area contributed by atoms with Gasteiger partial charge in [0, 0.05) is 6.54 Å². The molecule has 0 bridgehead atoms. The van der Waals surface area contributed by atoms with Crippen molar-refractivity contribution in [2.24, 2.45) is 0 Å². The molecule has 1 N–H and O–H groups in total. The van der Waals surface area contributed by atoms with E-state index in [2.05, 4.69) is 70.8 Å². The van der Waals surface area contributed by atoms with Gasteiger partial charge in [-0.1, -0.05) is 29.8 Å². The summed E-state index contributed by atoms with van der Waals surface area (Å²) in [5, 5.41) is 16.0. The number of anilines is 1. The van der Waals surface area contributed by atoms with E-state index in [9.17, 15) is 0 Å². The smallest absolute Gasteiger partial charge is 0.200 e. The van der Waals surface area contributed by atoms with Crippen LogP contribution in [0.25, 0.3) is 5.65 Å². The highest BCUT2D eigenvalue weighted by Gasteiger charge is 2.15. The average Bonchev–Trinajstić information content (AvgIpc) is 2.95. The number of fused-ring (bicyclic) bond motifs is 1. The number of hydrogen-bond donors (Lipinski definition) is 1. The molecule has 6 heteroatoms. The minimum atomic E-state index is 0.270. The molecule has 1 aromatic carbocycles. The molecule has 23 heavy (non-hydrogen) atoms. The number of aromatic nitrogens is 4. The largest absolute Gasteiger partial charge is 0.380 e. The van der Waals surface area contributed by atoms with Crippen LogP contribution in [0.15, 0.2) is 36.7 Å². The number of aryl methyl sites for hydroxylation is 2. The molecule has 0 amide bonds. The van der Waals surface area contributed by atoms with Gasteiger partial charge in [0.1, 0.15) is 6.33 Å². The predicted molar refractivity (Wildman–Crippen MR) is 91.6 cm³/mol. The zero-order valence-corrected chi connectivity index (χ0v) is 14.0. The summed E-state index contributed by atoms with van der Waals surface area (Å²) in [5.41, 5.74) is 5.20. The Hall–Kier alpha value is -2.47. The summed E-state index contributed by atoms with van der Waals surface area (Å²) >= 11 is 0. The van der Waals surface area contributed by atoms with E-state index in [4.69, 9.17) is 0 Å². The molecule has 1 atom stereocenters. The first-order chi connectivity index (χ1) is 11.0. The van der Waals surface area contributed by atoms with E-state index >= 15 is 0 Å². The van der Waals surface area contributed by atoms with Crippen LogP contribution in [-0.2, 0) is 0 Å². The standard InChI is InChI=1S/C17H22N6/c1-12-6-5-7-14(8-12)16(22(3)4)10-18-15-9-13(2)21-23-11-19-20-17(15)23/h5-9,11,16,18H,10H2,1-4H3. The van der Waals surface area contributed by atoms with Crippen molar-refractivity contribution in [3.05, 3.63) is 53.5 Å². The minimum absolute atomic E-state index is 0.270. The monoisotopic (exact) mass is 310 g/mol. The van der Waals surface area contributed by atoms with Crippen LogP contribution in [0, 0.1) is 13.8 Å². The van der Waals surface area contributed by atoms with Crippen LogP contribution in [-0.4, -0.2) is 45.4 Å². The van der Waals surface area contributed by atoms with Crippen molar-refractivity contribution in [2.45, 2.75) is 19.9 Å². The van der Waals surface area contributed by atoms with Crippen molar-refractivity contribution in [2.75, 3.05) is 26.0 Å². The molecule has 1 unspecified atom stereocenters. The van der Waals surface area contributed by atoms with Crippen molar-refractivity contribution < 1.29 is 0 Å². The second-order valence-electron chi connectivity index (χ2n) is 6.07. The lowest BCUT2D eigenvalue weighted by atomic mass is 10.0. The van der Waals surface area contributed by atoms with Crippen LogP contribution in [0.5, 0.6) is 0 Å². The minimum Gasteiger partial charge on any atom is -0.380 e. The summed E-state index contributed by atoms with van der Waals surface area (Å²) in [6, 6.07) is 10.9. The fourth-order valence-electron chi connectivity index (χ4n) is 2.77. The third-order valence-corrected chi connectivity index (χ3v) is 3.93. The van der Waals surface area contributed by atoms with Crippen LogP contribution in [0.2, 0.25) is 0 Å². The molecule has 6 nitrogen and oxygen atoms in total. The lowest BCUT2D eigenvalue weighted by Crippen LogP contribution is -2.27. The number of rotatable bonds is 5. The van der Waals surface area contributed by atoms with Crippen LogP contribution < -0.4 is 5.32 Å². The maximum atomic E-state index is 4.37. The van der Waals surface area contributed by atoms with Gasteiger partial charge in [0.25, 0.3) is 0 Å². The third-order valence-electron chi connectivity index (χ3n) is 3.93. The zero-order chi connectivity index (χ0) is 16.4. The quantitative estimate of drug-likeness (QED) is 0.784. The van der Waals surface area contributed by atoms with Gasteiger partial charge in [-0.25, -0.2) is 0 Å². The summed E-state index contributed by atoms with van der Waals surface area (Å²) in [6.45, 7) is 4.87. The lowest BCUT2D eigenvalue weighted by Gasteiger charge is -2.26. The molecule has 0 saturated carbocycles. The van der Waals surface area contributed by atoms with Gasteiger partial charge in [0.05, 0.1) is 17.4 Å². The summed E-state index contributed by atoms with van der Waals surface area (Å²) in [4.78, 5) is 2.22. The van der Waals surface area contributed by atoms with E-state index in [0.29, 0.717) is 0 Å². The highest BCUT2D eigenvalue weighted by Crippen LogP contribution is 2.22. The van der Waals surface area contributed by atoms with Crippen LogP contribution >= 0.6 is 0 Å². The fraction of sp³-hybridized carbons (Fsp3) is 0.353. The van der Waals surface area contributed by atoms with Gasteiger partial charge in [-0.15, -0.1) is 10.2 Å². The van der Waals surface area contributed by atoms with Gasteiger partial charge in [-0.3, -0.25) is 0 Å². The van der Waals surface area contributed by atoms with Crippen LogP contribution in [0.3, 0.4) is 0 Å². The first kappa shape index (κ1) is 15.4. The molecule has 0 radical (unpaired) electrons. The van der Waals surface area contributed by atoms with E-state index in [1.165, 1.54) is 11.1 Å². The van der Waals surface area contributed by atoms with Crippen LogP contribution in [0.1, 0.15) is 22.9 Å². The van der Waals surface area contributed by atoms with E-state index < -0.39 is 0 Å². The van der Waals surface area contributed by atoms with Gasteiger partial charge in [0.15, 0.2) is 0 Å². The molecule has 2 heterocycles. The van der Waals surface area contributed by atoms with Crippen molar-refractivity contribution in [1.82, 2.24) is 24.7 Å². The number of nitrogens with zero attached hydrogens (tertiary/aromatic N) is 5. The number of benzene rings is 1. The zero-order valence-electron chi connectivity index (χ0n) is 14.0. The van der Waals surface area contributed by atoms with Gasteiger partial charge in [0.2, 0.25) is 5.65 Å². The van der Waals surface area contributed by atoms with Gasteiger partial charge in [-0.05, 0) is 39.6 Å². The Labute approximate surface area is 136 Å². The maximum absolute atomic E-state index is 4.37. The SMILES string of the molecule is Cc1cccc(C(CNc2cc(C)nn3cnnc23)N(C)C)c1. The summed E-state index contributed by atoms with van der Waals surface area (Å²) in [6.07, 6.45) is 1.62. The molecular formula is C17H22N6. The highest BCUT2D eigenvalue weighted by molar-refractivity contribution is 5.66. The number of hydrogen-bond acceptors (Lipinski definition) is 5. The Kier molecular flexibility index (Phi) is 4.25. The van der Waals surface area contributed by atoms with Gasteiger partial charge < -0.3 is 10.2 Å². The molecule has 0 spiro atoms. The molecule has 3 aromatic rings. The second kappa shape index (κ2) is 6.34. The molecular weight excluding hydrogens is 288 g/mol. The van der Waals surface area contributed by atoms with Crippen molar-refractivity contribution in [3.63, 3.8) is 0 Å². The summed E-state index contributed by atoms with van der Waals surface area (Å²) in [7, 11) is 4.19. The van der Waals surface area contributed by atoms with E-state index in [-0.39, 0.29) is 6.04 Å². The Balaban J connectivity index is 1.85. The van der Waals surface area contributed by atoms with E-state index in [1.54, 1.807) is 10.8 Å². The first-order valence-electron chi connectivity index (χ1n) is 7.69. The van der Waals surface area contributed by atoms with Crippen molar-refractivity contribution in [3.8, 4) is 0 Å². The maximum Gasteiger partial charge on any atom is 0.200 e. The molecule has 0 saturated heterocycles. The molecule has 120 valence electrons. The van der Waals surface area contributed by atoms with Crippen molar-refractivity contribution >= 4 is 11.3 Å². The summed E-state index contributed by atoms with van der Waals surface area (Å²) in [5.74, 6) is 0. The first-order valence-corrected chi connectivity index (χ1v) is 7.69. The Morgan fingerprint density at radius 2 is 2.04 bits per heavy atom. The number of likely N-dealkylation sites (N-methyl/N-ethyl adjacent to an activating group) is 1. The predicted octanol–water partition coefficient (Wildman–Crippen LogP) is 2.46. The van der Waals surface area contributed by atoms with Crippen LogP contribution in [0.4, 0.5) is 5.69 Å². The molecule has 3 rings (SSSR count). The fourth-order valence-corrected chi connectivity index (χ4v) is 2.77. The van der Waals surface area contributed by atoms with E-state index in [0.717, 1.165) is 23.6 Å². The van der Waals surface area contributed by atoms with Gasteiger partial charge >= 0.3 is 0 Å². The number of nitrogens with one attached hydrogen (secondary N) is 1. The summed E-state index contributed by atoms with van der Waals surface area (Å²) < 4.78 is 1.70. The van der Waals surface area contributed by atoms with Crippen molar-refractivity contribution in [1.29, 1.82) is 0 Å². The third kappa shape index (κ3) is 3.32. The molecule has 0 aliphatic rings. The lowest BCUT2D eigenvalue weighted by molar-refractivity contribution is 0.312. The Morgan fingerprint density at radius 3 is 2.78 bits per heavy atom. The molecule has 2 aromatic heterocycles. The molecule has 0 aliphatic carbocycles. The Morgan fingerprint density at radius 1 is 1.22 bits per heavy atom.